The number of ether oxygens (including phenoxy) is 4. The zero-order valence-electron chi connectivity index (χ0n) is 16.7. The summed E-state index contributed by atoms with van der Waals surface area (Å²) in [4.78, 5) is 0. The third-order valence-electron chi connectivity index (χ3n) is 4.11. The normalized spacial score (nSPS) is 11.2. The fourth-order valence-corrected chi connectivity index (χ4v) is 2.63. The maximum atomic E-state index is 5.62. The first-order chi connectivity index (χ1) is 14.2. The number of methoxy groups -OCH3 is 4. The summed E-state index contributed by atoms with van der Waals surface area (Å²) in [7, 11) is 6.40. The number of nitrogens with zero attached hydrogens (tertiary/aromatic N) is 2. The van der Waals surface area contributed by atoms with Crippen LogP contribution in [0.5, 0.6) is 23.0 Å². The molecule has 0 aliphatic carbocycles. The first-order valence-corrected chi connectivity index (χ1v) is 8.80. The summed E-state index contributed by atoms with van der Waals surface area (Å²) in [6.07, 6.45) is 7.19. The highest BCUT2D eigenvalue weighted by Crippen LogP contribution is 2.29. The predicted octanol–water partition coefficient (Wildman–Crippen LogP) is 4.44. The molecule has 1 heterocycles. The van der Waals surface area contributed by atoms with Crippen molar-refractivity contribution in [1.82, 2.24) is 10.2 Å². The van der Waals surface area contributed by atoms with Crippen LogP contribution in [0.3, 0.4) is 0 Å². The molecule has 150 valence electrons. The van der Waals surface area contributed by atoms with Crippen molar-refractivity contribution in [2.45, 2.75) is 0 Å². The number of hydrogen-bond acceptors (Lipinski definition) is 7. The van der Waals surface area contributed by atoms with E-state index in [1.54, 1.807) is 40.6 Å². The summed E-state index contributed by atoms with van der Waals surface area (Å²) in [6, 6.07) is 11.2. The molecule has 0 radical (unpaired) electrons. The van der Waals surface area contributed by atoms with Gasteiger partial charge in [0.25, 0.3) is 0 Å². The van der Waals surface area contributed by atoms with Gasteiger partial charge in [-0.1, -0.05) is 12.1 Å². The lowest BCUT2D eigenvalue weighted by atomic mass is 10.2. The molecule has 0 saturated heterocycles. The number of rotatable bonds is 8. The van der Waals surface area contributed by atoms with Crippen molar-refractivity contribution in [3.8, 4) is 23.0 Å². The van der Waals surface area contributed by atoms with Crippen LogP contribution in [0.25, 0.3) is 24.3 Å². The smallest absolute Gasteiger partial charge is 0.240 e. The van der Waals surface area contributed by atoms with Crippen molar-refractivity contribution in [3.63, 3.8) is 0 Å². The van der Waals surface area contributed by atoms with Crippen LogP contribution >= 0.6 is 0 Å². The predicted molar refractivity (Wildman–Crippen MR) is 111 cm³/mol. The van der Waals surface area contributed by atoms with Crippen LogP contribution in [0.15, 0.2) is 40.8 Å². The molecule has 0 N–H and O–H groups in total. The van der Waals surface area contributed by atoms with Gasteiger partial charge < -0.3 is 23.4 Å². The van der Waals surface area contributed by atoms with E-state index in [1.165, 1.54) is 0 Å². The van der Waals surface area contributed by atoms with Crippen molar-refractivity contribution in [3.05, 3.63) is 59.3 Å². The van der Waals surface area contributed by atoms with Gasteiger partial charge in [-0.3, -0.25) is 0 Å². The molecule has 2 aromatic carbocycles. The molecule has 7 heteroatoms. The van der Waals surface area contributed by atoms with Gasteiger partial charge in [-0.2, -0.15) is 0 Å². The first kappa shape index (κ1) is 20.0. The van der Waals surface area contributed by atoms with Crippen molar-refractivity contribution in [2.24, 2.45) is 0 Å². The molecule has 3 aromatic rings. The van der Waals surface area contributed by atoms with Gasteiger partial charge in [-0.05, 0) is 47.5 Å². The van der Waals surface area contributed by atoms with E-state index in [-0.39, 0.29) is 0 Å². The molecule has 3 rings (SSSR count). The highest BCUT2D eigenvalue weighted by Gasteiger charge is 2.05. The average Bonchev–Trinajstić information content (AvgIpc) is 3.23. The number of hydrogen-bond donors (Lipinski definition) is 0. The fraction of sp³-hybridized carbons (Fsp3) is 0.182. The Kier molecular flexibility index (Phi) is 6.52. The Labute approximate surface area is 169 Å². The Bertz CT molecular complexity index is 944. The number of aromatic nitrogens is 2. The summed E-state index contributed by atoms with van der Waals surface area (Å²) in [5, 5.41) is 8.05. The Balaban J connectivity index is 1.71. The molecule has 0 bridgehead atoms. The SMILES string of the molecule is COc1ccc(C=Cc2nnc(C=Cc3ccc(OC)c(OC)c3)o2)cc1OC. The molecule has 0 spiro atoms. The van der Waals surface area contributed by atoms with Crippen molar-refractivity contribution in [1.29, 1.82) is 0 Å². The van der Waals surface area contributed by atoms with Crippen LogP contribution in [0.1, 0.15) is 22.9 Å². The van der Waals surface area contributed by atoms with Crippen molar-refractivity contribution < 1.29 is 23.4 Å². The Morgan fingerprint density at radius 2 is 1.00 bits per heavy atom. The Hall–Kier alpha value is -3.74. The molecular formula is C22H22N2O5. The van der Waals surface area contributed by atoms with E-state index in [2.05, 4.69) is 10.2 Å². The summed E-state index contributed by atoms with van der Waals surface area (Å²) in [5.74, 6) is 3.44. The van der Waals surface area contributed by atoms with Gasteiger partial charge in [0.15, 0.2) is 23.0 Å². The third kappa shape index (κ3) is 4.95. The minimum absolute atomic E-state index is 0.395. The minimum Gasteiger partial charge on any atom is -0.493 e. The minimum atomic E-state index is 0.395. The van der Waals surface area contributed by atoms with Gasteiger partial charge in [0.1, 0.15) is 0 Å². The Morgan fingerprint density at radius 3 is 1.38 bits per heavy atom. The topological polar surface area (TPSA) is 75.8 Å². The second-order valence-corrected chi connectivity index (χ2v) is 5.87. The van der Waals surface area contributed by atoms with Crippen molar-refractivity contribution >= 4 is 24.3 Å². The quantitative estimate of drug-likeness (QED) is 0.559. The second-order valence-electron chi connectivity index (χ2n) is 5.87. The van der Waals surface area contributed by atoms with E-state index in [0.29, 0.717) is 34.8 Å². The van der Waals surface area contributed by atoms with Crippen LogP contribution in [0.4, 0.5) is 0 Å². The van der Waals surface area contributed by atoms with Gasteiger partial charge in [0.05, 0.1) is 28.4 Å². The third-order valence-corrected chi connectivity index (χ3v) is 4.11. The number of benzene rings is 2. The Morgan fingerprint density at radius 1 is 0.586 bits per heavy atom. The van der Waals surface area contributed by atoms with Crippen LogP contribution in [-0.2, 0) is 0 Å². The summed E-state index contributed by atoms with van der Waals surface area (Å²) in [5.41, 5.74) is 1.84. The molecule has 0 unspecified atom stereocenters. The van der Waals surface area contributed by atoms with E-state index < -0.39 is 0 Å². The molecule has 29 heavy (non-hydrogen) atoms. The molecule has 7 nitrogen and oxygen atoms in total. The van der Waals surface area contributed by atoms with Gasteiger partial charge in [0.2, 0.25) is 11.8 Å². The molecule has 0 amide bonds. The van der Waals surface area contributed by atoms with Gasteiger partial charge in [-0.25, -0.2) is 0 Å². The summed E-state index contributed by atoms with van der Waals surface area (Å²) in [6.45, 7) is 0. The molecule has 0 aliphatic heterocycles. The van der Waals surface area contributed by atoms with Crippen LogP contribution in [0, 0.1) is 0 Å². The van der Waals surface area contributed by atoms with E-state index in [0.717, 1.165) is 11.1 Å². The molecule has 0 saturated carbocycles. The highest BCUT2D eigenvalue weighted by molar-refractivity contribution is 5.70. The van der Waals surface area contributed by atoms with E-state index in [9.17, 15) is 0 Å². The first-order valence-electron chi connectivity index (χ1n) is 8.80. The molecule has 1 aromatic heterocycles. The molecule has 0 fully saturated rings. The molecule has 0 aliphatic rings. The second kappa shape index (κ2) is 9.45. The molecular weight excluding hydrogens is 372 g/mol. The van der Waals surface area contributed by atoms with Gasteiger partial charge >= 0.3 is 0 Å². The lowest BCUT2D eigenvalue weighted by Crippen LogP contribution is -1.90. The zero-order valence-corrected chi connectivity index (χ0v) is 16.7. The van der Waals surface area contributed by atoms with Crippen molar-refractivity contribution in [2.75, 3.05) is 28.4 Å². The van der Waals surface area contributed by atoms with Gasteiger partial charge in [-0.15, -0.1) is 10.2 Å². The maximum absolute atomic E-state index is 5.62. The highest BCUT2D eigenvalue weighted by atomic mass is 16.5. The largest absolute Gasteiger partial charge is 0.493 e. The average molecular weight is 394 g/mol. The fourth-order valence-electron chi connectivity index (χ4n) is 2.63. The van der Waals surface area contributed by atoms with E-state index in [4.69, 9.17) is 23.4 Å². The van der Waals surface area contributed by atoms with Crippen LogP contribution in [-0.4, -0.2) is 38.6 Å². The van der Waals surface area contributed by atoms with Crippen LogP contribution in [0.2, 0.25) is 0 Å². The lowest BCUT2D eigenvalue weighted by molar-refractivity contribution is 0.355. The standard InChI is InChI=1S/C22H22N2O5/c1-25-17-9-5-15(13-19(17)27-3)7-11-21-23-24-22(29-21)12-8-16-6-10-18(26-2)20(14-16)28-4/h5-14H,1-4H3. The summed E-state index contributed by atoms with van der Waals surface area (Å²) >= 11 is 0. The molecule has 0 atom stereocenters. The van der Waals surface area contributed by atoms with E-state index >= 15 is 0 Å². The van der Waals surface area contributed by atoms with Crippen LogP contribution < -0.4 is 18.9 Å². The van der Waals surface area contributed by atoms with E-state index in [1.807, 2.05) is 48.6 Å². The van der Waals surface area contributed by atoms with Gasteiger partial charge in [0, 0.05) is 12.2 Å². The maximum Gasteiger partial charge on any atom is 0.240 e. The zero-order chi connectivity index (χ0) is 20.6. The monoisotopic (exact) mass is 394 g/mol. The lowest BCUT2D eigenvalue weighted by Gasteiger charge is -2.07. The summed E-state index contributed by atoms with van der Waals surface area (Å²) < 4.78 is 26.7.